The number of hydrogen-bond acceptors (Lipinski definition) is 5. The lowest BCUT2D eigenvalue weighted by Gasteiger charge is -2.35. The van der Waals surface area contributed by atoms with Gasteiger partial charge in [0.05, 0.1) is 0 Å². The highest BCUT2D eigenvalue weighted by molar-refractivity contribution is 5.89. The molecule has 9 heteroatoms. The lowest BCUT2D eigenvalue weighted by atomic mass is 9.93. The predicted molar refractivity (Wildman–Crippen MR) is 162 cm³/mol. The molecular formula is C33H46N4O5. The molecule has 1 fully saturated rings. The highest BCUT2D eigenvalue weighted by atomic mass is 16.6. The molecule has 0 spiro atoms. The zero-order valence-corrected chi connectivity index (χ0v) is 25.7. The second-order valence-corrected chi connectivity index (χ2v) is 12.4. The van der Waals surface area contributed by atoms with Crippen LogP contribution in [-0.4, -0.2) is 59.5 Å². The van der Waals surface area contributed by atoms with E-state index in [0.29, 0.717) is 38.9 Å². The molecule has 2 atom stereocenters. The Labute approximate surface area is 249 Å². The molecule has 1 aliphatic heterocycles. The number of nitrogens with zero attached hydrogens (tertiary/aromatic N) is 1. The average molecular weight is 579 g/mol. The Hall–Kier alpha value is -3.88. The summed E-state index contributed by atoms with van der Waals surface area (Å²) in [7, 11) is 0. The van der Waals surface area contributed by atoms with Crippen LogP contribution < -0.4 is 16.0 Å². The molecule has 42 heavy (non-hydrogen) atoms. The van der Waals surface area contributed by atoms with Crippen molar-refractivity contribution in [2.45, 2.75) is 85.0 Å². The summed E-state index contributed by atoms with van der Waals surface area (Å²) in [6, 6.07) is 16.0. The Morgan fingerprint density at radius 1 is 0.905 bits per heavy atom. The molecule has 0 aliphatic carbocycles. The summed E-state index contributed by atoms with van der Waals surface area (Å²) in [5.74, 6) is -1.01. The minimum atomic E-state index is -0.796. The summed E-state index contributed by atoms with van der Waals surface area (Å²) >= 11 is 0. The number of benzene rings is 2. The van der Waals surface area contributed by atoms with Crippen molar-refractivity contribution in [3.63, 3.8) is 0 Å². The monoisotopic (exact) mass is 578 g/mol. The molecule has 1 heterocycles. The molecule has 0 saturated carbocycles. The molecule has 0 bridgehead atoms. The quantitative estimate of drug-likeness (QED) is 0.392. The van der Waals surface area contributed by atoms with Gasteiger partial charge in [-0.25, -0.2) is 4.79 Å². The van der Waals surface area contributed by atoms with Gasteiger partial charge in [0.1, 0.15) is 17.7 Å². The first-order chi connectivity index (χ1) is 19.8. The Morgan fingerprint density at radius 2 is 1.52 bits per heavy atom. The topological polar surface area (TPSA) is 117 Å². The molecule has 2 aromatic rings. The third kappa shape index (κ3) is 10.2. The summed E-state index contributed by atoms with van der Waals surface area (Å²) in [5, 5.41) is 8.65. The van der Waals surface area contributed by atoms with E-state index in [9.17, 15) is 19.2 Å². The average Bonchev–Trinajstić information content (AvgIpc) is 2.94. The van der Waals surface area contributed by atoms with Crippen LogP contribution in [-0.2, 0) is 32.1 Å². The summed E-state index contributed by atoms with van der Waals surface area (Å²) in [5.41, 5.74) is 2.37. The van der Waals surface area contributed by atoms with Gasteiger partial charge in [0.15, 0.2) is 0 Å². The van der Waals surface area contributed by atoms with Crippen molar-refractivity contribution in [2.75, 3.05) is 13.1 Å². The molecule has 9 nitrogen and oxygen atoms in total. The van der Waals surface area contributed by atoms with E-state index in [0.717, 1.165) is 16.7 Å². The second-order valence-electron chi connectivity index (χ2n) is 12.4. The van der Waals surface area contributed by atoms with Gasteiger partial charge in [-0.3, -0.25) is 14.4 Å². The van der Waals surface area contributed by atoms with Gasteiger partial charge in [-0.15, -0.1) is 0 Å². The highest BCUT2D eigenvalue weighted by Gasteiger charge is 2.34. The smallest absolute Gasteiger partial charge is 0.408 e. The number of nitrogens with one attached hydrogen (secondary N) is 3. The van der Waals surface area contributed by atoms with Crippen molar-refractivity contribution in [3.8, 4) is 0 Å². The van der Waals surface area contributed by atoms with Crippen LogP contribution >= 0.6 is 0 Å². The fourth-order valence-electron chi connectivity index (χ4n) is 4.89. The standard InChI is InChI=1S/C33H46N4O5/c1-22(2)28(30(39)34-21-25-14-12-23(3)13-15-25)36-29(38)26-16-18-37(19-17-26)31(40)27(20-24-10-8-7-9-11-24)35-32(41)42-33(4,5)6/h7-15,22,26-28H,16-21H2,1-6H3,(H,34,39)(H,35,41)(H,36,38). The van der Waals surface area contributed by atoms with E-state index < -0.39 is 23.8 Å². The third-order valence-corrected chi connectivity index (χ3v) is 7.28. The Morgan fingerprint density at radius 3 is 2.10 bits per heavy atom. The Balaban J connectivity index is 1.57. The number of ether oxygens (including phenoxy) is 1. The van der Waals surface area contributed by atoms with Gasteiger partial charge in [-0.2, -0.15) is 0 Å². The van der Waals surface area contributed by atoms with Crippen molar-refractivity contribution in [2.24, 2.45) is 11.8 Å². The first-order valence-electron chi connectivity index (χ1n) is 14.8. The maximum Gasteiger partial charge on any atom is 0.408 e. The van der Waals surface area contributed by atoms with Crippen LogP contribution in [0.25, 0.3) is 0 Å². The zero-order chi connectivity index (χ0) is 30.9. The zero-order valence-electron chi connectivity index (χ0n) is 25.7. The van der Waals surface area contributed by atoms with Crippen LogP contribution in [0.4, 0.5) is 4.79 Å². The van der Waals surface area contributed by atoms with Crippen LogP contribution in [0.3, 0.4) is 0 Å². The number of carbonyl (C=O) groups excluding carboxylic acids is 4. The number of aryl methyl sites for hydroxylation is 1. The third-order valence-electron chi connectivity index (χ3n) is 7.28. The Bertz CT molecular complexity index is 1200. The number of likely N-dealkylation sites (tertiary alicyclic amines) is 1. The molecule has 1 saturated heterocycles. The molecule has 4 amide bonds. The number of hydrogen-bond donors (Lipinski definition) is 3. The van der Waals surface area contributed by atoms with Crippen LogP contribution in [0.2, 0.25) is 0 Å². The molecule has 3 rings (SSSR count). The molecule has 228 valence electrons. The largest absolute Gasteiger partial charge is 0.444 e. The summed E-state index contributed by atoms with van der Waals surface area (Å²) in [4.78, 5) is 53.9. The summed E-state index contributed by atoms with van der Waals surface area (Å²) < 4.78 is 5.41. The van der Waals surface area contributed by atoms with Gasteiger partial charge in [0, 0.05) is 32.0 Å². The van der Waals surface area contributed by atoms with E-state index in [1.807, 2.05) is 75.4 Å². The van der Waals surface area contributed by atoms with Gasteiger partial charge < -0.3 is 25.6 Å². The van der Waals surface area contributed by atoms with Gasteiger partial charge >= 0.3 is 6.09 Å². The number of piperidine rings is 1. The molecule has 2 unspecified atom stereocenters. The molecule has 0 radical (unpaired) electrons. The van der Waals surface area contributed by atoms with E-state index in [2.05, 4.69) is 16.0 Å². The first-order valence-corrected chi connectivity index (χ1v) is 14.8. The summed E-state index contributed by atoms with van der Waals surface area (Å²) in [6.07, 6.45) is 0.620. The van der Waals surface area contributed by atoms with Crippen molar-refractivity contribution in [3.05, 3.63) is 71.3 Å². The maximum atomic E-state index is 13.5. The number of alkyl carbamates (subject to hydrolysis) is 1. The van der Waals surface area contributed by atoms with E-state index >= 15 is 0 Å². The maximum absolute atomic E-state index is 13.5. The molecular weight excluding hydrogens is 532 g/mol. The molecule has 2 aromatic carbocycles. The predicted octanol–water partition coefficient (Wildman–Crippen LogP) is 4.13. The highest BCUT2D eigenvalue weighted by Crippen LogP contribution is 2.20. The van der Waals surface area contributed by atoms with Crippen molar-refractivity contribution in [1.82, 2.24) is 20.9 Å². The lowest BCUT2D eigenvalue weighted by molar-refractivity contribution is -0.138. The van der Waals surface area contributed by atoms with Gasteiger partial charge in [0.25, 0.3) is 0 Å². The second kappa shape index (κ2) is 14.8. The van der Waals surface area contributed by atoms with E-state index in [4.69, 9.17) is 4.74 Å². The van der Waals surface area contributed by atoms with Crippen molar-refractivity contribution in [1.29, 1.82) is 0 Å². The van der Waals surface area contributed by atoms with Gasteiger partial charge in [0.2, 0.25) is 17.7 Å². The van der Waals surface area contributed by atoms with Crippen molar-refractivity contribution < 1.29 is 23.9 Å². The SMILES string of the molecule is Cc1ccc(CNC(=O)C(NC(=O)C2CCN(C(=O)C(Cc3ccccc3)NC(=O)OC(C)(C)C)CC2)C(C)C)cc1. The summed E-state index contributed by atoms with van der Waals surface area (Å²) in [6.45, 7) is 12.3. The fourth-order valence-corrected chi connectivity index (χ4v) is 4.89. The van der Waals surface area contributed by atoms with E-state index in [-0.39, 0.29) is 29.6 Å². The van der Waals surface area contributed by atoms with E-state index in [1.54, 1.807) is 25.7 Å². The van der Waals surface area contributed by atoms with Gasteiger partial charge in [-0.05, 0) is 57.6 Å². The number of amides is 4. The number of carbonyl (C=O) groups is 4. The normalized spacial score (nSPS) is 15.5. The number of rotatable bonds is 10. The van der Waals surface area contributed by atoms with Crippen LogP contribution in [0.5, 0.6) is 0 Å². The van der Waals surface area contributed by atoms with Crippen LogP contribution in [0, 0.1) is 18.8 Å². The Kier molecular flexibility index (Phi) is 11.5. The molecule has 1 aliphatic rings. The minimum Gasteiger partial charge on any atom is -0.444 e. The van der Waals surface area contributed by atoms with Crippen LogP contribution in [0.1, 0.15) is 64.2 Å². The minimum absolute atomic E-state index is 0.0914. The van der Waals surface area contributed by atoms with Crippen LogP contribution in [0.15, 0.2) is 54.6 Å². The van der Waals surface area contributed by atoms with E-state index in [1.165, 1.54) is 0 Å². The van der Waals surface area contributed by atoms with Crippen molar-refractivity contribution >= 4 is 23.8 Å². The molecule has 3 N–H and O–H groups in total. The lowest BCUT2D eigenvalue weighted by Crippen LogP contribution is -2.54. The molecule has 0 aromatic heterocycles. The van der Waals surface area contributed by atoms with Gasteiger partial charge in [-0.1, -0.05) is 74.0 Å². The first kappa shape index (κ1) is 32.6. The fraction of sp³-hybridized carbons (Fsp3) is 0.515.